The van der Waals surface area contributed by atoms with Gasteiger partial charge in [-0.05, 0) is 0 Å². The molecule has 0 bridgehead atoms. The molecule has 0 aliphatic carbocycles. The summed E-state index contributed by atoms with van der Waals surface area (Å²) in [5.41, 5.74) is 0. The average molecular weight is 150 g/mol. The zero-order valence-electron chi connectivity index (χ0n) is 4.41. The number of halogens is 1. The van der Waals surface area contributed by atoms with Gasteiger partial charge in [0.15, 0.2) is 6.10 Å². The number of terminal acetylenes is 1. The molecule has 1 aliphatic heterocycles. The van der Waals surface area contributed by atoms with Crippen molar-refractivity contribution in [2.75, 3.05) is 6.61 Å². The third-order valence-corrected chi connectivity index (χ3v) is 1.78. The summed E-state index contributed by atoms with van der Waals surface area (Å²) in [5, 5.41) is 0. The van der Waals surface area contributed by atoms with Gasteiger partial charge in [-0.2, -0.15) is 0 Å². The highest BCUT2D eigenvalue weighted by Gasteiger charge is 2.36. The maximum absolute atomic E-state index is 12.1. The fourth-order valence-electron chi connectivity index (χ4n) is 0.448. The van der Waals surface area contributed by atoms with Crippen LogP contribution in [-0.4, -0.2) is 12.7 Å². The molecule has 2 unspecified atom stereocenters. The molecule has 0 radical (unpaired) electrons. The third-order valence-electron chi connectivity index (χ3n) is 0.819. The first kappa shape index (κ1) is 6.76. The van der Waals surface area contributed by atoms with E-state index in [0.717, 1.165) is 0 Å². The van der Waals surface area contributed by atoms with Crippen LogP contribution in [0.3, 0.4) is 0 Å². The van der Waals surface area contributed by atoms with Gasteiger partial charge in [-0.25, -0.2) is 4.57 Å². The van der Waals surface area contributed by atoms with Crippen LogP contribution in [-0.2, 0) is 13.6 Å². The molecule has 2 atom stereocenters. The number of hydrogen-bond acceptors (Lipinski definition) is 3. The van der Waals surface area contributed by atoms with Gasteiger partial charge in [-0.3, -0.25) is 9.05 Å². The lowest BCUT2D eigenvalue weighted by Crippen LogP contribution is -2.03. The highest BCUT2D eigenvalue weighted by atomic mass is 31.2. The molecule has 9 heavy (non-hydrogen) atoms. The molecule has 1 heterocycles. The Bertz CT molecular complexity index is 196. The molecule has 0 amide bonds. The minimum Gasteiger partial charge on any atom is -0.280 e. The summed E-state index contributed by atoms with van der Waals surface area (Å²) >= 11 is 0. The van der Waals surface area contributed by atoms with E-state index in [1.165, 1.54) is 0 Å². The van der Waals surface area contributed by atoms with Crippen LogP contribution in [0.2, 0.25) is 0 Å². The van der Waals surface area contributed by atoms with Gasteiger partial charge in [0.2, 0.25) is 0 Å². The van der Waals surface area contributed by atoms with Gasteiger partial charge in [0.05, 0.1) is 6.61 Å². The second kappa shape index (κ2) is 2.11. The van der Waals surface area contributed by atoms with Crippen LogP contribution in [0.25, 0.3) is 0 Å². The molecular weight excluding hydrogens is 146 g/mol. The van der Waals surface area contributed by atoms with E-state index in [4.69, 9.17) is 6.42 Å². The minimum atomic E-state index is -4.26. The molecule has 0 spiro atoms. The van der Waals surface area contributed by atoms with Crippen molar-refractivity contribution in [2.45, 2.75) is 6.10 Å². The first-order chi connectivity index (χ1) is 4.14. The average Bonchev–Trinajstić information content (AvgIpc) is 2.10. The van der Waals surface area contributed by atoms with Gasteiger partial charge in [0, 0.05) is 0 Å². The second-order valence-corrected chi connectivity index (χ2v) is 2.82. The van der Waals surface area contributed by atoms with Crippen LogP contribution in [0.15, 0.2) is 0 Å². The van der Waals surface area contributed by atoms with E-state index in [1.807, 2.05) is 0 Å². The standard InChI is InChI=1S/C4H4FO3P/c1-2-4-3-7-9(5,6)8-4/h1,4H,3H2. The first-order valence-electron chi connectivity index (χ1n) is 2.23. The van der Waals surface area contributed by atoms with Gasteiger partial charge >= 0.3 is 7.91 Å². The van der Waals surface area contributed by atoms with Crippen LogP contribution < -0.4 is 0 Å². The Morgan fingerprint density at radius 1 is 1.89 bits per heavy atom. The highest BCUT2D eigenvalue weighted by molar-refractivity contribution is 7.48. The zero-order chi connectivity index (χ0) is 6.91. The summed E-state index contributed by atoms with van der Waals surface area (Å²) in [6.07, 6.45) is 4.02. The summed E-state index contributed by atoms with van der Waals surface area (Å²) in [6.45, 7) is -0.121. The summed E-state index contributed by atoms with van der Waals surface area (Å²) in [7, 11) is -4.26. The second-order valence-electron chi connectivity index (χ2n) is 1.49. The van der Waals surface area contributed by atoms with E-state index in [1.54, 1.807) is 0 Å². The van der Waals surface area contributed by atoms with Crippen LogP contribution in [0.5, 0.6) is 0 Å². The molecule has 1 fully saturated rings. The fraction of sp³-hybridized carbons (Fsp3) is 0.500. The van der Waals surface area contributed by atoms with Crippen molar-refractivity contribution in [1.29, 1.82) is 0 Å². The molecule has 1 rings (SSSR count). The lowest BCUT2D eigenvalue weighted by atomic mass is 10.4. The van der Waals surface area contributed by atoms with Crippen molar-refractivity contribution in [2.24, 2.45) is 0 Å². The van der Waals surface area contributed by atoms with Crippen LogP contribution in [0.1, 0.15) is 0 Å². The molecule has 1 saturated heterocycles. The smallest absolute Gasteiger partial charge is 0.280 e. The van der Waals surface area contributed by atoms with Crippen molar-refractivity contribution in [1.82, 2.24) is 0 Å². The minimum absolute atomic E-state index is 0.121. The van der Waals surface area contributed by atoms with E-state index in [2.05, 4.69) is 15.0 Å². The SMILES string of the molecule is C#CC1COP(=O)(F)O1. The van der Waals surface area contributed by atoms with E-state index >= 15 is 0 Å². The predicted molar refractivity (Wildman–Crippen MR) is 28.4 cm³/mol. The summed E-state index contributed by atoms with van der Waals surface area (Å²) < 4.78 is 30.4. The monoisotopic (exact) mass is 150 g/mol. The van der Waals surface area contributed by atoms with Crippen molar-refractivity contribution in [3.05, 3.63) is 0 Å². The molecule has 0 aromatic carbocycles. The first-order valence-corrected chi connectivity index (χ1v) is 3.66. The van der Waals surface area contributed by atoms with Gasteiger partial charge in [-0.1, -0.05) is 5.92 Å². The van der Waals surface area contributed by atoms with Gasteiger partial charge in [0.1, 0.15) is 0 Å². The van der Waals surface area contributed by atoms with E-state index in [9.17, 15) is 8.76 Å². The predicted octanol–water partition coefficient (Wildman–Crippen LogP) is 1.11. The Morgan fingerprint density at radius 3 is 2.78 bits per heavy atom. The molecule has 0 saturated carbocycles. The molecule has 0 aromatic rings. The lowest BCUT2D eigenvalue weighted by Gasteiger charge is -1.94. The maximum Gasteiger partial charge on any atom is 0.514 e. The zero-order valence-corrected chi connectivity index (χ0v) is 5.31. The van der Waals surface area contributed by atoms with E-state index in [0.29, 0.717) is 0 Å². The van der Waals surface area contributed by atoms with Gasteiger partial charge in [-0.15, -0.1) is 10.6 Å². The Labute approximate surface area is 51.8 Å². The fourth-order valence-corrected chi connectivity index (χ4v) is 1.25. The summed E-state index contributed by atoms with van der Waals surface area (Å²) in [5.74, 6) is 2.06. The molecule has 1 aliphatic rings. The maximum atomic E-state index is 12.1. The molecule has 50 valence electrons. The third kappa shape index (κ3) is 1.52. The molecule has 0 N–H and O–H groups in total. The normalized spacial score (nSPS) is 42.4. The van der Waals surface area contributed by atoms with Crippen molar-refractivity contribution < 1.29 is 17.8 Å². The van der Waals surface area contributed by atoms with Crippen LogP contribution in [0, 0.1) is 12.3 Å². The Hall–Kier alpha value is -0.360. The van der Waals surface area contributed by atoms with Crippen molar-refractivity contribution >= 4 is 7.91 Å². The van der Waals surface area contributed by atoms with Crippen LogP contribution in [0.4, 0.5) is 4.20 Å². The van der Waals surface area contributed by atoms with E-state index in [-0.39, 0.29) is 6.61 Å². The summed E-state index contributed by atoms with van der Waals surface area (Å²) in [4.78, 5) is 0. The topological polar surface area (TPSA) is 35.5 Å². The van der Waals surface area contributed by atoms with Gasteiger partial charge in [0.25, 0.3) is 0 Å². The quantitative estimate of drug-likeness (QED) is 0.383. The number of hydrogen-bond donors (Lipinski definition) is 0. The molecule has 0 aromatic heterocycles. The molecular formula is C4H4FO3P. The Morgan fingerprint density at radius 2 is 2.56 bits per heavy atom. The number of rotatable bonds is 0. The molecule has 5 heteroatoms. The molecule has 3 nitrogen and oxygen atoms in total. The Kier molecular flexibility index (Phi) is 1.58. The largest absolute Gasteiger partial charge is 0.514 e. The Balaban J connectivity index is 2.60. The van der Waals surface area contributed by atoms with Crippen molar-refractivity contribution in [3.63, 3.8) is 0 Å². The summed E-state index contributed by atoms with van der Waals surface area (Å²) in [6, 6.07) is 0. The van der Waals surface area contributed by atoms with E-state index < -0.39 is 14.0 Å². The van der Waals surface area contributed by atoms with Crippen LogP contribution >= 0.6 is 7.91 Å². The van der Waals surface area contributed by atoms with Crippen molar-refractivity contribution in [3.8, 4) is 12.3 Å². The van der Waals surface area contributed by atoms with Gasteiger partial charge < -0.3 is 0 Å². The lowest BCUT2D eigenvalue weighted by molar-refractivity contribution is 0.281. The highest BCUT2D eigenvalue weighted by Crippen LogP contribution is 2.55.